The fraction of sp³-hybridized carbons (Fsp3) is 0.333. The fourth-order valence-electron chi connectivity index (χ4n) is 3.97. The molecule has 2 atom stereocenters. The first-order valence-corrected chi connectivity index (χ1v) is 13.1. The molecule has 0 heterocycles. The summed E-state index contributed by atoms with van der Waals surface area (Å²) in [6.45, 7) is 14.3. The molecule has 0 radical (unpaired) electrons. The summed E-state index contributed by atoms with van der Waals surface area (Å²) in [7, 11) is 0. The van der Waals surface area contributed by atoms with Gasteiger partial charge in [-0.1, -0.05) is 60.7 Å². The molecule has 214 valence electrons. The number of amides is 4. The summed E-state index contributed by atoms with van der Waals surface area (Å²) in [5, 5.41) is 5.73. The lowest BCUT2D eigenvalue weighted by molar-refractivity contribution is -0.140. The number of ether oxygens (including phenoxy) is 1. The van der Waals surface area contributed by atoms with Gasteiger partial charge in [0.05, 0.1) is 10.7 Å². The van der Waals surface area contributed by atoms with Crippen LogP contribution in [-0.2, 0) is 19.1 Å². The highest BCUT2D eigenvalue weighted by atomic mass is 35.5. The van der Waals surface area contributed by atoms with E-state index in [0.717, 1.165) is 11.1 Å². The number of para-hydroxylation sites is 1. The lowest BCUT2D eigenvalue weighted by Crippen LogP contribution is -2.52. The van der Waals surface area contributed by atoms with E-state index in [4.69, 9.17) is 22.1 Å². The largest absolute Gasteiger partial charge is 0.444 e. The van der Waals surface area contributed by atoms with E-state index in [1.807, 2.05) is 6.07 Å². The topological polar surface area (TPSA) is 131 Å². The average Bonchev–Trinajstić information content (AvgIpc) is 2.87. The Morgan fingerprint density at radius 2 is 1.80 bits per heavy atom. The molecule has 9 nitrogen and oxygen atoms in total. The number of nitrogens with one attached hydrogen (secondary N) is 2. The van der Waals surface area contributed by atoms with Gasteiger partial charge >= 0.3 is 6.09 Å². The number of carbonyl (C=O) groups excluding carboxylic acids is 4. The van der Waals surface area contributed by atoms with E-state index in [9.17, 15) is 19.2 Å². The van der Waals surface area contributed by atoms with Crippen LogP contribution in [0.3, 0.4) is 0 Å². The Bertz CT molecular complexity index is 1250. The van der Waals surface area contributed by atoms with Crippen LogP contribution in [-0.4, -0.2) is 46.9 Å². The second-order valence-electron chi connectivity index (χ2n) is 10.2. The van der Waals surface area contributed by atoms with E-state index < -0.39 is 41.5 Å². The maximum absolute atomic E-state index is 14.0. The number of alkyl carbamates (subject to hydrolysis) is 1. The zero-order valence-corrected chi connectivity index (χ0v) is 24.1. The van der Waals surface area contributed by atoms with Crippen molar-refractivity contribution in [2.45, 2.75) is 58.2 Å². The highest BCUT2D eigenvalue weighted by molar-refractivity contribution is 6.34. The van der Waals surface area contributed by atoms with Crippen molar-refractivity contribution in [1.29, 1.82) is 0 Å². The molecule has 0 bridgehead atoms. The number of hydrogen-bond donors (Lipinski definition) is 3. The predicted molar refractivity (Wildman–Crippen MR) is 158 cm³/mol. The minimum Gasteiger partial charge on any atom is -0.444 e. The van der Waals surface area contributed by atoms with Gasteiger partial charge in [0, 0.05) is 13.0 Å². The van der Waals surface area contributed by atoms with Crippen LogP contribution in [0.2, 0.25) is 5.02 Å². The number of anilines is 1. The van der Waals surface area contributed by atoms with E-state index in [0.29, 0.717) is 16.3 Å². The number of carbonyl (C=O) groups is 4. The van der Waals surface area contributed by atoms with Gasteiger partial charge in [-0.2, -0.15) is 0 Å². The fourth-order valence-corrected chi connectivity index (χ4v) is 4.24. The predicted octanol–water partition coefficient (Wildman–Crippen LogP) is 5.14. The van der Waals surface area contributed by atoms with Gasteiger partial charge in [-0.3, -0.25) is 14.4 Å². The minimum absolute atomic E-state index is 0.0557. The Kier molecular flexibility index (Phi) is 11.5. The number of primary amides is 1. The molecule has 0 fully saturated rings. The summed E-state index contributed by atoms with van der Waals surface area (Å²) in [4.78, 5) is 53.5. The summed E-state index contributed by atoms with van der Waals surface area (Å²) < 4.78 is 5.33. The molecule has 0 aromatic heterocycles. The normalized spacial score (nSPS) is 12.4. The van der Waals surface area contributed by atoms with Crippen molar-refractivity contribution in [1.82, 2.24) is 10.2 Å². The van der Waals surface area contributed by atoms with Crippen molar-refractivity contribution < 1.29 is 23.9 Å². The van der Waals surface area contributed by atoms with Gasteiger partial charge in [0.1, 0.15) is 17.7 Å². The molecule has 2 aromatic carbocycles. The van der Waals surface area contributed by atoms with Gasteiger partial charge in [-0.25, -0.2) is 4.79 Å². The van der Waals surface area contributed by atoms with Crippen LogP contribution >= 0.6 is 11.6 Å². The molecular weight excluding hydrogens is 532 g/mol. The van der Waals surface area contributed by atoms with E-state index in [2.05, 4.69) is 23.8 Å². The van der Waals surface area contributed by atoms with E-state index in [1.165, 1.54) is 11.0 Å². The average molecular weight is 569 g/mol. The summed E-state index contributed by atoms with van der Waals surface area (Å²) in [6, 6.07) is 9.81. The van der Waals surface area contributed by atoms with Gasteiger partial charge in [0.25, 0.3) is 5.91 Å². The Labute approximate surface area is 240 Å². The van der Waals surface area contributed by atoms with Gasteiger partial charge in [-0.15, -0.1) is 6.58 Å². The van der Waals surface area contributed by atoms with Crippen LogP contribution < -0.4 is 16.4 Å². The number of rotatable bonds is 12. The van der Waals surface area contributed by atoms with Crippen molar-refractivity contribution in [3.63, 3.8) is 0 Å². The quantitative estimate of drug-likeness (QED) is 0.305. The monoisotopic (exact) mass is 568 g/mol. The smallest absolute Gasteiger partial charge is 0.408 e. The molecular formula is C30H37ClN4O5. The SMILES string of the molecule is C=CCN(C(=O)C(CCC(N)=O)NC(=O)OC(C)(C)C)C(C(=O)Nc1c(C)cccc1Cl)c1cccc(C=C)c1. The minimum atomic E-state index is -1.22. The standard InChI is InChI=1S/C30H37ClN4O5/c1-7-17-35(28(38)23(15-16-24(32)36)33-29(39)40-30(4,5)6)26(21-13-10-12-20(8-2)18-21)27(37)34-25-19(3)11-9-14-22(25)31/h7-14,18,23,26H,1-2,15-17H2,3-6H3,(H2,32,36)(H,33,39)(H,34,37). The van der Waals surface area contributed by atoms with Crippen molar-refractivity contribution in [2.75, 3.05) is 11.9 Å². The number of aryl methyl sites for hydroxylation is 1. The number of nitrogens with zero attached hydrogens (tertiary/aromatic N) is 1. The summed E-state index contributed by atoms with van der Waals surface area (Å²) in [5.74, 6) is -1.83. The molecule has 2 rings (SSSR count). The van der Waals surface area contributed by atoms with E-state index in [-0.39, 0.29) is 19.4 Å². The Balaban J connectivity index is 2.59. The van der Waals surface area contributed by atoms with Gasteiger partial charge in [-0.05, 0) is 62.9 Å². The number of benzene rings is 2. The maximum Gasteiger partial charge on any atom is 0.408 e. The first-order valence-electron chi connectivity index (χ1n) is 12.7. The third-order valence-electron chi connectivity index (χ3n) is 5.77. The zero-order chi connectivity index (χ0) is 30.0. The number of nitrogens with two attached hydrogens (primary N) is 1. The molecule has 0 saturated carbocycles. The lowest BCUT2D eigenvalue weighted by Gasteiger charge is -2.34. The van der Waals surface area contributed by atoms with Crippen molar-refractivity contribution >= 4 is 47.2 Å². The molecule has 4 amide bonds. The Morgan fingerprint density at radius 3 is 2.38 bits per heavy atom. The van der Waals surface area contributed by atoms with Crippen LogP contribution in [0.15, 0.2) is 61.7 Å². The van der Waals surface area contributed by atoms with Gasteiger partial charge in [0.2, 0.25) is 11.8 Å². The molecule has 0 aliphatic rings. The van der Waals surface area contributed by atoms with Gasteiger partial charge < -0.3 is 26.0 Å². The summed E-state index contributed by atoms with van der Waals surface area (Å²) >= 11 is 6.38. The van der Waals surface area contributed by atoms with E-state index >= 15 is 0 Å². The molecule has 2 unspecified atom stereocenters. The van der Waals surface area contributed by atoms with Crippen LogP contribution in [0, 0.1) is 6.92 Å². The third kappa shape index (κ3) is 9.27. The first-order chi connectivity index (χ1) is 18.8. The maximum atomic E-state index is 14.0. The van der Waals surface area contributed by atoms with Crippen LogP contribution in [0.4, 0.5) is 10.5 Å². The van der Waals surface area contributed by atoms with Crippen molar-refractivity contribution in [3.05, 3.63) is 83.4 Å². The zero-order valence-electron chi connectivity index (χ0n) is 23.3. The summed E-state index contributed by atoms with van der Waals surface area (Å²) in [6.07, 6.45) is 1.95. The molecule has 0 aliphatic carbocycles. The van der Waals surface area contributed by atoms with Crippen LogP contribution in [0.25, 0.3) is 6.08 Å². The van der Waals surface area contributed by atoms with Crippen LogP contribution in [0.5, 0.6) is 0 Å². The number of hydrogen-bond acceptors (Lipinski definition) is 5. The van der Waals surface area contributed by atoms with Gasteiger partial charge in [0.15, 0.2) is 0 Å². The highest BCUT2D eigenvalue weighted by Gasteiger charge is 2.36. The second-order valence-corrected chi connectivity index (χ2v) is 10.6. The highest BCUT2D eigenvalue weighted by Crippen LogP contribution is 2.30. The van der Waals surface area contributed by atoms with Crippen molar-refractivity contribution in [2.24, 2.45) is 5.73 Å². The third-order valence-corrected chi connectivity index (χ3v) is 6.08. The Morgan fingerprint density at radius 1 is 1.12 bits per heavy atom. The molecule has 2 aromatic rings. The lowest BCUT2D eigenvalue weighted by atomic mass is 9.99. The van der Waals surface area contributed by atoms with Crippen molar-refractivity contribution in [3.8, 4) is 0 Å². The second kappa shape index (κ2) is 14.3. The molecule has 40 heavy (non-hydrogen) atoms. The Hall–Kier alpha value is -4.11. The molecule has 0 spiro atoms. The molecule has 10 heteroatoms. The number of halogens is 1. The van der Waals surface area contributed by atoms with E-state index in [1.54, 1.807) is 70.2 Å². The summed E-state index contributed by atoms with van der Waals surface area (Å²) in [5.41, 5.74) is 6.86. The first kappa shape index (κ1) is 32.1. The molecule has 4 N–H and O–H groups in total. The molecule has 0 saturated heterocycles. The molecule has 0 aliphatic heterocycles. The van der Waals surface area contributed by atoms with Crippen LogP contribution in [0.1, 0.15) is 56.3 Å².